The van der Waals surface area contributed by atoms with Gasteiger partial charge < -0.3 is 19.5 Å². The van der Waals surface area contributed by atoms with E-state index < -0.39 is 5.91 Å². The molecule has 0 bridgehead atoms. The van der Waals surface area contributed by atoms with Crippen LogP contribution in [0.15, 0.2) is 42.0 Å². The van der Waals surface area contributed by atoms with Crippen molar-refractivity contribution in [3.63, 3.8) is 0 Å². The fourth-order valence-corrected chi connectivity index (χ4v) is 2.57. The number of carbonyl (C=O) groups is 1. The van der Waals surface area contributed by atoms with Gasteiger partial charge in [-0.25, -0.2) is 0 Å². The topological polar surface area (TPSA) is 80.6 Å². The molecule has 1 N–H and O–H groups in total. The van der Waals surface area contributed by atoms with E-state index in [2.05, 4.69) is 12.2 Å². The van der Waals surface area contributed by atoms with Gasteiger partial charge in [-0.05, 0) is 47.9 Å². The number of nitrogens with zero attached hydrogens (tertiary/aromatic N) is 1. The smallest absolute Gasteiger partial charge is 0.266 e. The maximum atomic E-state index is 12.4. The molecule has 26 heavy (non-hydrogen) atoms. The number of carbonyl (C=O) groups excluding carboxylic acids is 1. The van der Waals surface area contributed by atoms with Crippen molar-refractivity contribution in [1.82, 2.24) is 0 Å². The number of fused-ring (bicyclic) bond motifs is 1. The maximum absolute atomic E-state index is 12.4. The lowest BCUT2D eigenvalue weighted by Crippen LogP contribution is -2.13. The molecule has 0 radical (unpaired) electrons. The lowest BCUT2D eigenvalue weighted by molar-refractivity contribution is -0.112. The van der Waals surface area contributed by atoms with E-state index in [1.54, 1.807) is 12.1 Å². The molecule has 3 rings (SSSR count). The Bertz CT molecular complexity index is 895. The van der Waals surface area contributed by atoms with Crippen molar-refractivity contribution in [1.29, 1.82) is 5.26 Å². The van der Waals surface area contributed by atoms with Crippen LogP contribution in [0.4, 0.5) is 5.69 Å². The predicted octanol–water partition coefficient (Wildman–Crippen LogP) is 3.53. The van der Waals surface area contributed by atoms with Gasteiger partial charge in [0, 0.05) is 5.69 Å². The third-order valence-electron chi connectivity index (χ3n) is 3.98. The molecule has 6 heteroatoms. The molecule has 1 heterocycles. The molecule has 0 atom stereocenters. The second kappa shape index (κ2) is 7.62. The number of hydrogen-bond donors (Lipinski definition) is 1. The molecule has 1 aliphatic heterocycles. The zero-order valence-electron chi connectivity index (χ0n) is 14.5. The fourth-order valence-electron chi connectivity index (χ4n) is 2.57. The van der Waals surface area contributed by atoms with Crippen LogP contribution in [-0.4, -0.2) is 19.8 Å². The first kappa shape index (κ1) is 17.4. The molecule has 0 saturated heterocycles. The fraction of sp³-hybridized carbons (Fsp3) is 0.200. The predicted molar refractivity (Wildman–Crippen MR) is 97.2 cm³/mol. The number of aryl methyl sites for hydroxylation is 1. The largest absolute Gasteiger partial charge is 0.493 e. The summed E-state index contributed by atoms with van der Waals surface area (Å²) in [5, 5.41) is 12.1. The minimum absolute atomic E-state index is 0.0227. The van der Waals surface area contributed by atoms with Crippen LogP contribution in [-0.2, 0) is 11.2 Å². The van der Waals surface area contributed by atoms with Gasteiger partial charge in [0.05, 0.1) is 7.11 Å². The molecular weight excluding hydrogens is 332 g/mol. The minimum Gasteiger partial charge on any atom is -0.493 e. The summed E-state index contributed by atoms with van der Waals surface area (Å²) in [5.41, 5.74) is 2.40. The van der Waals surface area contributed by atoms with Gasteiger partial charge in [-0.3, -0.25) is 4.79 Å². The second-order valence-corrected chi connectivity index (χ2v) is 5.63. The van der Waals surface area contributed by atoms with Crippen LogP contribution in [0.1, 0.15) is 18.1 Å². The highest BCUT2D eigenvalue weighted by atomic mass is 16.7. The van der Waals surface area contributed by atoms with Gasteiger partial charge in [0.15, 0.2) is 11.5 Å². The Hall–Kier alpha value is -3.46. The molecule has 2 aromatic rings. The molecule has 0 aliphatic carbocycles. The first-order valence-electron chi connectivity index (χ1n) is 8.14. The van der Waals surface area contributed by atoms with Crippen LogP contribution in [0.25, 0.3) is 6.08 Å². The van der Waals surface area contributed by atoms with E-state index in [-0.39, 0.29) is 12.4 Å². The van der Waals surface area contributed by atoms with Gasteiger partial charge in [-0.15, -0.1) is 0 Å². The van der Waals surface area contributed by atoms with E-state index in [1.807, 2.05) is 30.3 Å². The van der Waals surface area contributed by atoms with Gasteiger partial charge in [0.25, 0.3) is 5.91 Å². The van der Waals surface area contributed by atoms with Gasteiger partial charge >= 0.3 is 0 Å². The number of anilines is 1. The minimum atomic E-state index is -0.478. The van der Waals surface area contributed by atoms with E-state index in [0.717, 1.165) is 6.42 Å². The normalized spacial score (nSPS) is 12.4. The van der Waals surface area contributed by atoms with Gasteiger partial charge in [0.2, 0.25) is 12.5 Å². The van der Waals surface area contributed by atoms with Crippen molar-refractivity contribution in [3.8, 4) is 23.3 Å². The van der Waals surface area contributed by atoms with Crippen LogP contribution in [0, 0.1) is 11.3 Å². The van der Waals surface area contributed by atoms with E-state index in [1.165, 1.54) is 18.7 Å². The number of amides is 1. The summed E-state index contributed by atoms with van der Waals surface area (Å²) in [6.45, 7) is 2.17. The Balaban J connectivity index is 1.83. The molecule has 132 valence electrons. The van der Waals surface area contributed by atoms with Crippen LogP contribution >= 0.6 is 0 Å². The number of hydrogen-bond acceptors (Lipinski definition) is 5. The molecule has 1 amide bonds. The molecule has 0 aromatic heterocycles. The van der Waals surface area contributed by atoms with Crippen LogP contribution < -0.4 is 19.5 Å². The van der Waals surface area contributed by atoms with Crippen molar-refractivity contribution in [2.45, 2.75) is 13.3 Å². The maximum Gasteiger partial charge on any atom is 0.266 e. The van der Waals surface area contributed by atoms with Gasteiger partial charge in [0.1, 0.15) is 11.6 Å². The summed E-state index contributed by atoms with van der Waals surface area (Å²) in [4.78, 5) is 12.4. The number of nitriles is 1. The zero-order valence-corrected chi connectivity index (χ0v) is 14.5. The van der Waals surface area contributed by atoms with E-state index in [0.29, 0.717) is 28.5 Å². The lowest BCUT2D eigenvalue weighted by atomic mass is 10.1. The molecule has 0 saturated carbocycles. The van der Waals surface area contributed by atoms with E-state index >= 15 is 0 Å². The second-order valence-electron chi connectivity index (χ2n) is 5.63. The lowest BCUT2D eigenvalue weighted by Gasteiger charge is -2.07. The first-order valence-corrected chi connectivity index (χ1v) is 8.14. The Labute approximate surface area is 151 Å². The van der Waals surface area contributed by atoms with Crippen molar-refractivity contribution < 1.29 is 19.0 Å². The highest BCUT2D eigenvalue weighted by Gasteiger charge is 2.20. The third-order valence-corrected chi connectivity index (χ3v) is 3.98. The average molecular weight is 350 g/mol. The van der Waals surface area contributed by atoms with Crippen molar-refractivity contribution in [3.05, 3.63) is 53.1 Å². The van der Waals surface area contributed by atoms with Crippen LogP contribution in [0.3, 0.4) is 0 Å². The number of benzene rings is 2. The highest BCUT2D eigenvalue weighted by molar-refractivity contribution is 6.09. The molecule has 0 fully saturated rings. The number of methoxy groups -OCH3 is 1. The molecule has 0 unspecified atom stereocenters. The summed E-state index contributed by atoms with van der Waals surface area (Å²) in [6, 6.07) is 12.8. The molecule has 2 aromatic carbocycles. The zero-order chi connectivity index (χ0) is 18.5. The first-order chi connectivity index (χ1) is 12.6. The highest BCUT2D eigenvalue weighted by Crippen LogP contribution is 2.42. The SMILES string of the molecule is CCc1ccc(NC(=O)/C(C#N)=C/c2cc(OC)c3c(c2)OCO3)cc1. The van der Waals surface area contributed by atoms with Crippen LogP contribution in [0.2, 0.25) is 0 Å². The van der Waals surface area contributed by atoms with E-state index in [9.17, 15) is 10.1 Å². The molecular formula is C20H18N2O4. The summed E-state index contributed by atoms with van der Waals surface area (Å²) in [7, 11) is 1.52. The van der Waals surface area contributed by atoms with Crippen LogP contribution in [0.5, 0.6) is 17.2 Å². The Morgan fingerprint density at radius 1 is 1.31 bits per heavy atom. The quantitative estimate of drug-likeness (QED) is 0.659. The third kappa shape index (κ3) is 3.62. The number of ether oxygens (including phenoxy) is 3. The Kier molecular flexibility index (Phi) is 5.09. The van der Waals surface area contributed by atoms with Crippen molar-refractivity contribution in [2.75, 3.05) is 19.2 Å². The van der Waals surface area contributed by atoms with Crippen molar-refractivity contribution >= 4 is 17.7 Å². The summed E-state index contributed by atoms with van der Waals surface area (Å²) < 4.78 is 16.0. The van der Waals surface area contributed by atoms with Gasteiger partial charge in [-0.2, -0.15) is 5.26 Å². The number of rotatable bonds is 5. The summed E-state index contributed by atoms with van der Waals surface area (Å²) in [5.74, 6) is 1.04. The average Bonchev–Trinajstić information content (AvgIpc) is 3.14. The molecule has 6 nitrogen and oxygen atoms in total. The van der Waals surface area contributed by atoms with Crippen molar-refractivity contribution in [2.24, 2.45) is 0 Å². The van der Waals surface area contributed by atoms with Gasteiger partial charge in [-0.1, -0.05) is 19.1 Å². The van der Waals surface area contributed by atoms with E-state index in [4.69, 9.17) is 14.2 Å². The number of nitrogens with one attached hydrogen (secondary N) is 1. The molecule has 1 aliphatic rings. The standard InChI is InChI=1S/C20H18N2O4/c1-3-13-4-6-16(7-5-13)22-20(23)15(11-21)8-14-9-17(24-2)19-18(10-14)25-12-26-19/h4-10H,3,12H2,1-2H3,(H,22,23)/b15-8+. The summed E-state index contributed by atoms with van der Waals surface area (Å²) >= 11 is 0. The summed E-state index contributed by atoms with van der Waals surface area (Å²) in [6.07, 6.45) is 2.41. The Morgan fingerprint density at radius 2 is 2.08 bits per heavy atom. The Morgan fingerprint density at radius 3 is 2.73 bits per heavy atom. The monoisotopic (exact) mass is 350 g/mol. The molecule has 0 spiro atoms.